The summed E-state index contributed by atoms with van der Waals surface area (Å²) in [5, 5.41) is 6.93. The highest BCUT2D eigenvalue weighted by Crippen LogP contribution is 2.37. The van der Waals surface area contributed by atoms with E-state index < -0.39 is 0 Å². The molecule has 1 amide bonds. The number of hydrogen-bond donors (Lipinski definition) is 2. The minimum atomic E-state index is -0.0360. The highest BCUT2D eigenvalue weighted by atomic mass is 35.5. The van der Waals surface area contributed by atoms with Crippen molar-refractivity contribution < 1.29 is 4.79 Å². The molecule has 1 aliphatic carbocycles. The quantitative estimate of drug-likeness (QED) is 0.878. The SMILES string of the molecule is CCNc1ccc(Cl)cc1C(=O)NC1CCC(C)(C)C1. The predicted molar refractivity (Wildman–Crippen MR) is 84.5 cm³/mol. The number of nitrogens with one attached hydrogen (secondary N) is 2. The van der Waals surface area contributed by atoms with Gasteiger partial charge < -0.3 is 10.6 Å². The van der Waals surface area contributed by atoms with Crippen LogP contribution in [0.3, 0.4) is 0 Å². The van der Waals surface area contributed by atoms with E-state index in [4.69, 9.17) is 11.6 Å². The van der Waals surface area contributed by atoms with Crippen LogP contribution in [0.4, 0.5) is 5.69 Å². The Morgan fingerprint density at radius 1 is 1.45 bits per heavy atom. The summed E-state index contributed by atoms with van der Waals surface area (Å²) < 4.78 is 0. The molecule has 0 radical (unpaired) electrons. The molecule has 2 rings (SSSR count). The number of carbonyl (C=O) groups excluding carboxylic acids is 1. The molecule has 20 heavy (non-hydrogen) atoms. The summed E-state index contributed by atoms with van der Waals surface area (Å²) in [6.07, 6.45) is 3.25. The van der Waals surface area contributed by atoms with Crippen molar-refractivity contribution >= 4 is 23.2 Å². The Morgan fingerprint density at radius 3 is 2.80 bits per heavy atom. The van der Waals surface area contributed by atoms with Crippen molar-refractivity contribution in [3.05, 3.63) is 28.8 Å². The van der Waals surface area contributed by atoms with Gasteiger partial charge in [-0.25, -0.2) is 0 Å². The van der Waals surface area contributed by atoms with Crippen LogP contribution < -0.4 is 10.6 Å². The summed E-state index contributed by atoms with van der Waals surface area (Å²) in [6, 6.07) is 5.66. The smallest absolute Gasteiger partial charge is 0.253 e. The molecule has 0 aromatic heterocycles. The van der Waals surface area contributed by atoms with Crippen LogP contribution >= 0.6 is 11.6 Å². The molecule has 0 saturated heterocycles. The van der Waals surface area contributed by atoms with Crippen molar-refractivity contribution in [3.8, 4) is 0 Å². The average Bonchev–Trinajstić information content (AvgIpc) is 2.71. The van der Waals surface area contributed by atoms with Gasteiger partial charge in [0.2, 0.25) is 0 Å². The largest absolute Gasteiger partial charge is 0.385 e. The minimum absolute atomic E-state index is 0.0360. The summed E-state index contributed by atoms with van der Waals surface area (Å²) >= 11 is 6.02. The van der Waals surface area contributed by atoms with Gasteiger partial charge in [0.15, 0.2) is 0 Å². The number of anilines is 1. The Labute approximate surface area is 126 Å². The Bertz CT molecular complexity index is 499. The molecule has 0 heterocycles. The summed E-state index contributed by atoms with van der Waals surface area (Å²) in [6.45, 7) is 7.29. The van der Waals surface area contributed by atoms with Crippen LogP contribution in [0, 0.1) is 5.41 Å². The van der Waals surface area contributed by atoms with Gasteiger partial charge in [0.25, 0.3) is 5.91 Å². The molecule has 1 aromatic rings. The molecular weight excluding hydrogens is 272 g/mol. The van der Waals surface area contributed by atoms with Gasteiger partial charge >= 0.3 is 0 Å². The maximum atomic E-state index is 12.4. The van der Waals surface area contributed by atoms with Crippen LogP contribution in [0.1, 0.15) is 50.4 Å². The fourth-order valence-electron chi connectivity index (χ4n) is 2.87. The lowest BCUT2D eigenvalue weighted by Crippen LogP contribution is -2.34. The van der Waals surface area contributed by atoms with Gasteiger partial charge in [-0.3, -0.25) is 4.79 Å². The van der Waals surface area contributed by atoms with Crippen molar-refractivity contribution in [2.75, 3.05) is 11.9 Å². The predicted octanol–water partition coefficient (Wildman–Crippen LogP) is 4.08. The zero-order chi connectivity index (χ0) is 14.8. The topological polar surface area (TPSA) is 41.1 Å². The first-order valence-corrected chi connectivity index (χ1v) is 7.63. The Balaban J connectivity index is 2.11. The third-order valence-corrected chi connectivity index (χ3v) is 4.13. The third kappa shape index (κ3) is 3.66. The lowest BCUT2D eigenvalue weighted by atomic mass is 9.92. The van der Waals surface area contributed by atoms with Gasteiger partial charge in [0.1, 0.15) is 0 Å². The Hall–Kier alpha value is -1.22. The van der Waals surface area contributed by atoms with Crippen LogP contribution in [0.15, 0.2) is 18.2 Å². The minimum Gasteiger partial charge on any atom is -0.385 e. The molecule has 3 nitrogen and oxygen atoms in total. The fraction of sp³-hybridized carbons (Fsp3) is 0.562. The molecule has 110 valence electrons. The zero-order valence-electron chi connectivity index (χ0n) is 12.4. The van der Waals surface area contributed by atoms with Crippen LogP contribution in [-0.4, -0.2) is 18.5 Å². The molecule has 1 saturated carbocycles. The van der Waals surface area contributed by atoms with Crippen LogP contribution in [-0.2, 0) is 0 Å². The van der Waals surface area contributed by atoms with E-state index in [9.17, 15) is 4.79 Å². The number of amides is 1. The molecular formula is C16H23ClN2O. The Kier molecular flexibility index (Phi) is 4.59. The number of hydrogen-bond acceptors (Lipinski definition) is 2. The van der Waals surface area contributed by atoms with Gasteiger partial charge in [0.05, 0.1) is 5.56 Å². The third-order valence-electron chi connectivity index (χ3n) is 3.90. The summed E-state index contributed by atoms with van der Waals surface area (Å²) in [5.41, 5.74) is 1.80. The molecule has 4 heteroatoms. The van der Waals surface area contributed by atoms with Crippen LogP contribution in [0.5, 0.6) is 0 Å². The molecule has 1 atom stereocenters. The van der Waals surface area contributed by atoms with E-state index in [0.29, 0.717) is 16.0 Å². The first kappa shape index (κ1) is 15.2. The summed E-state index contributed by atoms with van der Waals surface area (Å²) in [5.74, 6) is -0.0360. The number of benzene rings is 1. The maximum Gasteiger partial charge on any atom is 0.253 e. The first-order valence-electron chi connectivity index (χ1n) is 7.25. The number of rotatable bonds is 4. The van der Waals surface area contributed by atoms with E-state index in [-0.39, 0.29) is 11.9 Å². The van der Waals surface area contributed by atoms with Crippen molar-refractivity contribution in [2.24, 2.45) is 5.41 Å². The second-order valence-electron chi connectivity index (χ2n) is 6.30. The van der Waals surface area contributed by atoms with Crippen molar-refractivity contribution in [1.82, 2.24) is 5.32 Å². The van der Waals surface area contributed by atoms with Crippen molar-refractivity contribution in [1.29, 1.82) is 0 Å². The van der Waals surface area contributed by atoms with Crippen LogP contribution in [0.2, 0.25) is 5.02 Å². The fourth-order valence-corrected chi connectivity index (χ4v) is 3.04. The summed E-state index contributed by atoms with van der Waals surface area (Å²) in [7, 11) is 0. The monoisotopic (exact) mass is 294 g/mol. The normalized spacial score (nSPS) is 20.7. The first-order chi connectivity index (χ1) is 9.41. The standard InChI is InChI=1S/C16H23ClN2O/c1-4-18-14-6-5-11(17)9-13(14)15(20)19-12-7-8-16(2,3)10-12/h5-6,9,12,18H,4,7-8,10H2,1-3H3,(H,19,20). The number of carbonyl (C=O) groups is 1. The average molecular weight is 295 g/mol. The molecule has 0 spiro atoms. The van der Waals surface area contributed by atoms with Gasteiger partial charge in [-0.05, 0) is 49.8 Å². The Morgan fingerprint density at radius 2 is 2.20 bits per heavy atom. The van der Waals surface area contributed by atoms with Gasteiger partial charge in [-0.2, -0.15) is 0 Å². The molecule has 0 bridgehead atoms. The van der Waals surface area contributed by atoms with E-state index >= 15 is 0 Å². The maximum absolute atomic E-state index is 12.4. The van der Waals surface area contributed by atoms with E-state index in [2.05, 4.69) is 24.5 Å². The summed E-state index contributed by atoms with van der Waals surface area (Å²) in [4.78, 5) is 12.4. The van der Waals surface area contributed by atoms with E-state index in [0.717, 1.165) is 31.5 Å². The molecule has 2 N–H and O–H groups in total. The lowest BCUT2D eigenvalue weighted by molar-refractivity contribution is 0.0937. The second-order valence-corrected chi connectivity index (χ2v) is 6.73. The molecule has 0 aliphatic heterocycles. The van der Waals surface area contributed by atoms with E-state index in [1.807, 2.05) is 13.0 Å². The van der Waals surface area contributed by atoms with E-state index in [1.54, 1.807) is 12.1 Å². The number of halogens is 1. The van der Waals surface area contributed by atoms with Gasteiger partial charge in [0, 0.05) is 23.3 Å². The zero-order valence-corrected chi connectivity index (χ0v) is 13.2. The van der Waals surface area contributed by atoms with Crippen LogP contribution in [0.25, 0.3) is 0 Å². The lowest BCUT2D eigenvalue weighted by Gasteiger charge is -2.18. The van der Waals surface area contributed by atoms with Gasteiger partial charge in [-0.15, -0.1) is 0 Å². The van der Waals surface area contributed by atoms with Crippen molar-refractivity contribution in [3.63, 3.8) is 0 Å². The molecule has 1 fully saturated rings. The molecule has 1 aliphatic rings. The van der Waals surface area contributed by atoms with Crippen molar-refractivity contribution in [2.45, 2.75) is 46.1 Å². The van der Waals surface area contributed by atoms with Gasteiger partial charge in [-0.1, -0.05) is 25.4 Å². The molecule has 1 unspecified atom stereocenters. The molecule has 1 aromatic carbocycles. The second kappa shape index (κ2) is 6.04. The highest BCUT2D eigenvalue weighted by Gasteiger charge is 2.32. The highest BCUT2D eigenvalue weighted by molar-refractivity contribution is 6.31. The van der Waals surface area contributed by atoms with E-state index in [1.165, 1.54) is 0 Å².